The van der Waals surface area contributed by atoms with E-state index in [1.807, 2.05) is 39.0 Å². The average molecular weight is 460 g/mol. The number of carbonyl (C=O) groups excluding carboxylic acids is 2. The molecule has 1 unspecified atom stereocenters. The van der Waals surface area contributed by atoms with Gasteiger partial charge in [0, 0.05) is 12.1 Å². The Hall–Kier alpha value is -3.08. The monoisotopic (exact) mass is 459 g/mol. The van der Waals surface area contributed by atoms with E-state index in [9.17, 15) is 14.7 Å². The Labute approximate surface area is 189 Å². The molecule has 2 heterocycles. The van der Waals surface area contributed by atoms with Gasteiger partial charge in [-0.3, -0.25) is 9.59 Å². The number of aliphatic hydroxyl groups is 2. The molecule has 0 fully saturated rings. The highest BCUT2D eigenvalue weighted by Gasteiger charge is 2.18. The van der Waals surface area contributed by atoms with E-state index in [0.29, 0.717) is 28.8 Å². The number of nitrogens with one attached hydrogen (secondary N) is 1. The summed E-state index contributed by atoms with van der Waals surface area (Å²) in [5.41, 5.74) is 3.35. The Morgan fingerprint density at radius 3 is 2.75 bits per heavy atom. The molecule has 0 radical (unpaired) electrons. The summed E-state index contributed by atoms with van der Waals surface area (Å²) in [5, 5.41) is 25.2. The first kappa shape index (κ1) is 23.6. The number of hydrogen-bond acceptors (Lipinski definition) is 9. The van der Waals surface area contributed by atoms with Crippen molar-refractivity contribution < 1.29 is 29.1 Å². The molecule has 9 nitrogen and oxygen atoms in total. The van der Waals surface area contributed by atoms with Gasteiger partial charge in [-0.05, 0) is 55.2 Å². The van der Waals surface area contributed by atoms with E-state index < -0.39 is 18.6 Å². The van der Waals surface area contributed by atoms with Gasteiger partial charge in [0.25, 0.3) is 5.89 Å². The van der Waals surface area contributed by atoms with Gasteiger partial charge in [-0.25, -0.2) is 0 Å². The van der Waals surface area contributed by atoms with Gasteiger partial charge >= 0.3 is 0 Å². The van der Waals surface area contributed by atoms with Crippen molar-refractivity contribution in [3.8, 4) is 27.9 Å². The average Bonchev–Trinajstić information content (AvgIpc) is 3.42. The number of thiophene rings is 1. The van der Waals surface area contributed by atoms with E-state index in [4.69, 9.17) is 14.4 Å². The predicted octanol–water partition coefficient (Wildman–Crippen LogP) is 2.31. The molecule has 0 spiro atoms. The molecule has 10 heteroatoms. The first-order valence-corrected chi connectivity index (χ1v) is 10.9. The first-order chi connectivity index (χ1) is 15.4. The standard InChI is InChI=1S/C22H25N3O6S/c1-4-14-7-15(5-13(3)20(14)30-11-16(28)8-23-19(29)10-27)22-24-21(25-31-22)17-6-12(2)18(9-26)32-17/h5-7,9,16,27-28H,4,8,10-11H2,1-3H3,(H,23,29). The van der Waals surface area contributed by atoms with Crippen LogP contribution < -0.4 is 10.1 Å². The maximum Gasteiger partial charge on any atom is 0.258 e. The molecule has 0 aliphatic carbocycles. The summed E-state index contributed by atoms with van der Waals surface area (Å²) in [6.45, 7) is 5.07. The van der Waals surface area contributed by atoms with E-state index in [-0.39, 0.29) is 13.2 Å². The molecular weight excluding hydrogens is 434 g/mol. The number of aldehydes is 1. The molecule has 3 N–H and O–H groups in total. The third-order valence-corrected chi connectivity index (χ3v) is 5.95. The Morgan fingerprint density at radius 1 is 1.31 bits per heavy atom. The summed E-state index contributed by atoms with van der Waals surface area (Å²) in [6.07, 6.45) is 0.575. The number of hydrogen-bond donors (Lipinski definition) is 3. The van der Waals surface area contributed by atoms with Crippen molar-refractivity contribution in [2.45, 2.75) is 33.3 Å². The highest BCUT2D eigenvalue weighted by Crippen LogP contribution is 2.33. The van der Waals surface area contributed by atoms with Crippen molar-refractivity contribution in [1.82, 2.24) is 15.5 Å². The van der Waals surface area contributed by atoms with E-state index in [1.54, 1.807) is 0 Å². The van der Waals surface area contributed by atoms with Crippen LogP contribution in [0.5, 0.6) is 5.75 Å². The number of benzene rings is 1. The van der Waals surface area contributed by atoms with Gasteiger partial charge in [0.15, 0.2) is 6.29 Å². The number of aliphatic hydroxyl groups excluding tert-OH is 2. The zero-order valence-corrected chi connectivity index (χ0v) is 18.9. The molecule has 3 aromatic rings. The van der Waals surface area contributed by atoms with Crippen molar-refractivity contribution >= 4 is 23.5 Å². The third kappa shape index (κ3) is 5.39. The van der Waals surface area contributed by atoms with Crippen molar-refractivity contribution in [2.75, 3.05) is 19.8 Å². The number of carbonyl (C=O) groups is 2. The fourth-order valence-electron chi connectivity index (χ4n) is 3.13. The SMILES string of the molecule is CCc1cc(-c2nc(-c3cc(C)c(C=O)s3)no2)cc(C)c1OCC(O)CNC(=O)CO. The van der Waals surface area contributed by atoms with Crippen LogP contribution >= 0.6 is 11.3 Å². The first-order valence-electron chi connectivity index (χ1n) is 10.1. The van der Waals surface area contributed by atoms with Gasteiger partial charge in [-0.15, -0.1) is 11.3 Å². The number of aryl methyl sites for hydroxylation is 3. The van der Waals surface area contributed by atoms with Gasteiger partial charge in [0.05, 0.1) is 9.75 Å². The number of ether oxygens (including phenoxy) is 1. The maximum atomic E-state index is 11.1. The third-order valence-electron chi connectivity index (χ3n) is 4.79. The fourth-order valence-corrected chi connectivity index (χ4v) is 4.04. The molecule has 0 bridgehead atoms. The second-order valence-electron chi connectivity index (χ2n) is 7.26. The maximum absolute atomic E-state index is 11.1. The highest BCUT2D eigenvalue weighted by molar-refractivity contribution is 7.17. The summed E-state index contributed by atoms with van der Waals surface area (Å²) in [5.74, 6) is 0.867. The van der Waals surface area contributed by atoms with Crippen LogP contribution in [0.2, 0.25) is 0 Å². The molecule has 2 aromatic heterocycles. The lowest BCUT2D eigenvalue weighted by Gasteiger charge is -2.17. The van der Waals surface area contributed by atoms with E-state index >= 15 is 0 Å². The summed E-state index contributed by atoms with van der Waals surface area (Å²) in [4.78, 5) is 28.1. The summed E-state index contributed by atoms with van der Waals surface area (Å²) < 4.78 is 11.3. The highest BCUT2D eigenvalue weighted by atomic mass is 32.1. The van der Waals surface area contributed by atoms with E-state index in [2.05, 4.69) is 15.5 Å². The molecule has 0 aliphatic rings. The van der Waals surface area contributed by atoms with E-state index in [0.717, 1.165) is 33.4 Å². The van der Waals surface area contributed by atoms with Crippen LogP contribution in [0.4, 0.5) is 0 Å². The number of amides is 1. The van der Waals surface area contributed by atoms with Gasteiger partial charge in [-0.1, -0.05) is 12.1 Å². The van der Waals surface area contributed by atoms with Gasteiger partial charge in [-0.2, -0.15) is 4.98 Å². The predicted molar refractivity (Wildman–Crippen MR) is 119 cm³/mol. The van der Waals surface area contributed by atoms with Crippen molar-refractivity contribution in [3.63, 3.8) is 0 Å². The minimum atomic E-state index is -0.918. The molecule has 32 heavy (non-hydrogen) atoms. The Morgan fingerprint density at radius 2 is 2.09 bits per heavy atom. The quantitative estimate of drug-likeness (QED) is 0.393. The van der Waals surface area contributed by atoms with Crippen LogP contribution in [0.3, 0.4) is 0 Å². The number of nitrogens with zero attached hydrogens (tertiary/aromatic N) is 2. The minimum absolute atomic E-state index is 0.0135. The second-order valence-corrected chi connectivity index (χ2v) is 8.34. The smallest absolute Gasteiger partial charge is 0.258 e. The topological polar surface area (TPSA) is 135 Å². The van der Waals surface area contributed by atoms with Crippen molar-refractivity contribution in [2.24, 2.45) is 0 Å². The van der Waals surface area contributed by atoms with Gasteiger partial charge in [0.1, 0.15) is 25.1 Å². The summed E-state index contributed by atoms with van der Waals surface area (Å²) in [6, 6.07) is 5.62. The number of rotatable bonds is 10. The summed E-state index contributed by atoms with van der Waals surface area (Å²) >= 11 is 1.31. The number of aromatic nitrogens is 2. The Bertz CT molecular complexity index is 1110. The zero-order valence-electron chi connectivity index (χ0n) is 18.0. The van der Waals surface area contributed by atoms with Crippen LogP contribution in [-0.4, -0.2) is 58.4 Å². The molecule has 0 aliphatic heterocycles. The van der Waals surface area contributed by atoms with Crippen LogP contribution in [0.1, 0.15) is 33.3 Å². The van der Waals surface area contributed by atoms with Crippen LogP contribution in [0.15, 0.2) is 22.7 Å². The molecule has 170 valence electrons. The van der Waals surface area contributed by atoms with Gasteiger partial charge in [0.2, 0.25) is 11.7 Å². The fraction of sp³-hybridized carbons (Fsp3) is 0.364. The molecule has 0 saturated heterocycles. The molecule has 1 amide bonds. The molecule has 1 atom stereocenters. The lowest BCUT2D eigenvalue weighted by atomic mass is 10.0. The largest absolute Gasteiger partial charge is 0.490 e. The van der Waals surface area contributed by atoms with Crippen LogP contribution in [0.25, 0.3) is 22.2 Å². The molecule has 0 saturated carbocycles. The van der Waals surface area contributed by atoms with Crippen LogP contribution in [0, 0.1) is 13.8 Å². The molecule has 3 rings (SSSR count). The Kier molecular flexibility index (Phi) is 7.73. The lowest BCUT2D eigenvalue weighted by Crippen LogP contribution is -2.36. The second kappa shape index (κ2) is 10.5. The van der Waals surface area contributed by atoms with Crippen molar-refractivity contribution in [3.05, 3.63) is 39.8 Å². The molecular formula is C22H25N3O6S. The van der Waals surface area contributed by atoms with Crippen molar-refractivity contribution in [1.29, 1.82) is 0 Å². The summed E-state index contributed by atoms with van der Waals surface area (Å²) in [7, 11) is 0. The Balaban J connectivity index is 1.77. The van der Waals surface area contributed by atoms with Gasteiger partial charge < -0.3 is 24.8 Å². The van der Waals surface area contributed by atoms with Crippen LogP contribution in [-0.2, 0) is 11.2 Å². The minimum Gasteiger partial charge on any atom is -0.490 e. The van der Waals surface area contributed by atoms with E-state index in [1.165, 1.54) is 11.3 Å². The zero-order chi connectivity index (χ0) is 23.3. The molecule has 1 aromatic carbocycles. The normalized spacial score (nSPS) is 11.9. The lowest BCUT2D eigenvalue weighted by molar-refractivity contribution is -0.124.